The molecule has 0 fully saturated rings. The third kappa shape index (κ3) is 2.34. The van der Waals surface area contributed by atoms with E-state index >= 15 is 0 Å². The highest BCUT2D eigenvalue weighted by atomic mass is 16.5. The van der Waals surface area contributed by atoms with Gasteiger partial charge in [0.2, 0.25) is 0 Å². The second-order valence-corrected chi connectivity index (χ2v) is 7.00. The number of ether oxygens (including phenoxy) is 3. The van der Waals surface area contributed by atoms with Crippen LogP contribution in [0.4, 0.5) is 0 Å². The summed E-state index contributed by atoms with van der Waals surface area (Å²) in [6, 6.07) is 6.29. The molecule has 5 nitrogen and oxygen atoms in total. The molecule has 26 heavy (non-hydrogen) atoms. The van der Waals surface area contributed by atoms with Crippen LogP contribution >= 0.6 is 0 Å². The van der Waals surface area contributed by atoms with E-state index in [1.807, 2.05) is 12.1 Å². The molecule has 0 spiro atoms. The largest absolute Gasteiger partial charge is 0.504 e. The van der Waals surface area contributed by atoms with Crippen molar-refractivity contribution in [3.63, 3.8) is 0 Å². The molecule has 0 bridgehead atoms. The molecule has 5 heteroatoms. The Morgan fingerprint density at radius 1 is 0.962 bits per heavy atom. The number of phenolic OH excluding ortho intramolecular Hbond substituents is 1. The van der Waals surface area contributed by atoms with E-state index in [1.165, 1.54) is 11.1 Å². The lowest BCUT2D eigenvalue weighted by molar-refractivity contribution is 0.220. The van der Waals surface area contributed by atoms with Crippen LogP contribution in [0, 0.1) is 0 Å². The van der Waals surface area contributed by atoms with Gasteiger partial charge in [-0.05, 0) is 55.1 Å². The van der Waals surface area contributed by atoms with Gasteiger partial charge in [-0.1, -0.05) is 6.07 Å². The maximum Gasteiger partial charge on any atom is 0.168 e. The lowest BCUT2D eigenvalue weighted by Gasteiger charge is -2.35. The Labute approximate surface area is 154 Å². The monoisotopic (exact) mass is 355 g/mol. The molecule has 0 unspecified atom stereocenters. The van der Waals surface area contributed by atoms with E-state index < -0.39 is 0 Å². The predicted octanol–water partition coefficient (Wildman–Crippen LogP) is 3.56. The molecule has 1 aliphatic heterocycles. The van der Waals surface area contributed by atoms with Crippen LogP contribution in [-0.4, -0.2) is 44.9 Å². The van der Waals surface area contributed by atoms with Crippen LogP contribution in [0.1, 0.15) is 29.2 Å². The minimum absolute atomic E-state index is 0.182. The first-order valence-electron chi connectivity index (χ1n) is 8.97. The highest BCUT2D eigenvalue weighted by Crippen LogP contribution is 2.54. The van der Waals surface area contributed by atoms with E-state index in [2.05, 4.69) is 18.0 Å². The van der Waals surface area contributed by atoms with Crippen molar-refractivity contribution in [2.75, 3.05) is 34.9 Å². The van der Waals surface area contributed by atoms with Gasteiger partial charge in [0.05, 0.1) is 21.3 Å². The van der Waals surface area contributed by atoms with E-state index in [1.54, 1.807) is 21.3 Å². The molecule has 0 saturated heterocycles. The molecule has 2 aromatic carbocycles. The molecule has 0 aromatic heterocycles. The average Bonchev–Trinajstić information content (AvgIpc) is 2.84. The minimum Gasteiger partial charge on any atom is -0.504 e. The highest BCUT2D eigenvalue weighted by molar-refractivity contribution is 5.87. The van der Waals surface area contributed by atoms with Crippen LogP contribution in [0.5, 0.6) is 23.0 Å². The minimum atomic E-state index is 0.182. The smallest absolute Gasteiger partial charge is 0.168 e. The molecule has 0 radical (unpaired) electrons. The van der Waals surface area contributed by atoms with E-state index in [0.717, 1.165) is 42.5 Å². The molecule has 1 aliphatic carbocycles. The Hall–Kier alpha value is -2.40. The van der Waals surface area contributed by atoms with Gasteiger partial charge in [0, 0.05) is 23.7 Å². The van der Waals surface area contributed by atoms with Crippen molar-refractivity contribution in [1.82, 2.24) is 4.90 Å². The fourth-order valence-corrected chi connectivity index (χ4v) is 4.49. The Morgan fingerprint density at radius 2 is 1.73 bits per heavy atom. The van der Waals surface area contributed by atoms with Gasteiger partial charge in [-0.25, -0.2) is 0 Å². The van der Waals surface area contributed by atoms with E-state index in [4.69, 9.17) is 14.2 Å². The molecule has 0 saturated carbocycles. The van der Waals surface area contributed by atoms with Gasteiger partial charge in [-0.3, -0.25) is 4.90 Å². The zero-order valence-corrected chi connectivity index (χ0v) is 15.8. The summed E-state index contributed by atoms with van der Waals surface area (Å²) in [5.41, 5.74) is 5.37. The van der Waals surface area contributed by atoms with E-state index in [0.29, 0.717) is 17.2 Å². The number of phenols is 1. The third-order valence-corrected chi connectivity index (χ3v) is 5.78. The van der Waals surface area contributed by atoms with E-state index in [-0.39, 0.29) is 11.8 Å². The average molecular weight is 355 g/mol. The second kappa shape index (κ2) is 6.40. The topological polar surface area (TPSA) is 51.2 Å². The molecule has 138 valence electrons. The lowest BCUT2D eigenvalue weighted by atomic mass is 9.85. The number of methoxy groups -OCH3 is 3. The van der Waals surface area contributed by atoms with Crippen LogP contribution in [0.25, 0.3) is 11.1 Å². The van der Waals surface area contributed by atoms with Crippen molar-refractivity contribution >= 4 is 0 Å². The molecule has 1 atom stereocenters. The molecule has 4 rings (SSSR count). The Morgan fingerprint density at radius 3 is 2.42 bits per heavy atom. The summed E-state index contributed by atoms with van der Waals surface area (Å²) in [5.74, 6) is 2.04. The summed E-state index contributed by atoms with van der Waals surface area (Å²) in [5, 5.41) is 11.1. The number of hydrogen-bond donors (Lipinski definition) is 1. The van der Waals surface area contributed by atoms with Gasteiger partial charge >= 0.3 is 0 Å². The van der Waals surface area contributed by atoms with Crippen molar-refractivity contribution in [3.8, 4) is 34.1 Å². The molecule has 0 amide bonds. The normalized spacial score (nSPS) is 18.5. The lowest BCUT2D eigenvalue weighted by Crippen LogP contribution is -2.32. The number of nitrogens with zero attached hydrogens (tertiary/aromatic N) is 1. The van der Waals surface area contributed by atoms with E-state index in [9.17, 15) is 5.11 Å². The summed E-state index contributed by atoms with van der Waals surface area (Å²) in [4.78, 5) is 2.38. The Kier molecular flexibility index (Phi) is 4.19. The molecule has 2 aromatic rings. The molecular formula is C21H25NO4. The van der Waals surface area contributed by atoms with Crippen LogP contribution in [0.3, 0.4) is 0 Å². The molecule has 1 N–H and O–H groups in total. The fourth-order valence-electron chi connectivity index (χ4n) is 4.49. The highest BCUT2D eigenvalue weighted by Gasteiger charge is 2.35. The van der Waals surface area contributed by atoms with Gasteiger partial charge in [0.15, 0.2) is 23.0 Å². The number of likely N-dealkylation sites (N-methyl/N-ethyl adjacent to an activating group) is 1. The summed E-state index contributed by atoms with van der Waals surface area (Å²) in [6.07, 6.45) is 2.86. The van der Waals surface area contributed by atoms with Gasteiger partial charge in [0.25, 0.3) is 0 Å². The second-order valence-electron chi connectivity index (χ2n) is 7.00. The van der Waals surface area contributed by atoms with Crippen molar-refractivity contribution in [2.45, 2.75) is 25.3 Å². The van der Waals surface area contributed by atoms with Gasteiger partial charge in [-0.2, -0.15) is 0 Å². The predicted molar refractivity (Wildman–Crippen MR) is 101 cm³/mol. The van der Waals surface area contributed by atoms with Crippen molar-refractivity contribution in [3.05, 3.63) is 34.9 Å². The third-order valence-electron chi connectivity index (χ3n) is 5.78. The number of fused-ring (bicyclic) bond motifs is 2. The van der Waals surface area contributed by atoms with Gasteiger partial charge in [0.1, 0.15) is 0 Å². The SMILES string of the molecule is COc1cc2c3c(c1O)-c1c(ccc(OC)c1OC)CC[C@H]3N(C)CC2. The summed E-state index contributed by atoms with van der Waals surface area (Å²) < 4.78 is 16.8. The van der Waals surface area contributed by atoms with Crippen molar-refractivity contribution in [2.24, 2.45) is 0 Å². The Bertz CT molecular complexity index is 862. The zero-order valence-electron chi connectivity index (χ0n) is 15.8. The maximum atomic E-state index is 11.1. The molecular weight excluding hydrogens is 330 g/mol. The van der Waals surface area contributed by atoms with Crippen LogP contribution in [0.2, 0.25) is 0 Å². The van der Waals surface area contributed by atoms with Crippen molar-refractivity contribution in [1.29, 1.82) is 0 Å². The van der Waals surface area contributed by atoms with Crippen LogP contribution < -0.4 is 14.2 Å². The quantitative estimate of drug-likeness (QED) is 0.912. The van der Waals surface area contributed by atoms with Gasteiger partial charge < -0.3 is 19.3 Å². The van der Waals surface area contributed by atoms with Gasteiger partial charge in [-0.15, -0.1) is 0 Å². The number of aryl methyl sites for hydroxylation is 1. The number of aromatic hydroxyl groups is 1. The number of rotatable bonds is 3. The summed E-state index contributed by atoms with van der Waals surface area (Å²) in [6.45, 7) is 1.00. The number of benzene rings is 2. The van der Waals surface area contributed by atoms with Crippen LogP contribution in [-0.2, 0) is 12.8 Å². The molecule has 2 aliphatic rings. The zero-order chi connectivity index (χ0) is 18.4. The first kappa shape index (κ1) is 17.0. The summed E-state index contributed by atoms with van der Waals surface area (Å²) in [7, 11) is 7.04. The first-order valence-corrected chi connectivity index (χ1v) is 8.97. The summed E-state index contributed by atoms with van der Waals surface area (Å²) >= 11 is 0. The van der Waals surface area contributed by atoms with Crippen molar-refractivity contribution < 1.29 is 19.3 Å². The number of hydrogen-bond acceptors (Lipinski definition) is 5. The van der Waals surface area contributed by atoms with Crippen LogP contribution in [0.15, 0.2) is 18.2 Å². The maximum absolute atomic E-state index is 11.1. The fraction of sp³-hybridized carbons (Fsp3) is 0.429. The standard InChI is InChI=1S/C21H25NO4/c1-22-10-9-13-11-16(25-3)20(23)19-17(13)14(22)7-5-12-6-8-15(24-2)21(26-4)18(12)19/h6,8,11,14,23H,5,7,9-10H2,1-4H3/t14-/m1/s1. The Balaban J connectivity index is 2.12. The molecule has 1 heterocycles. The first-order chi connectivity index (χ1) is 12.6.